The minimum Gasteiger partial charge on any atom is -0.394 e. The molecule has 33 heavy (non-hydrogen) atoms. The van der Waals surface area contributed by atoms with Gasteiger partial charge in [-0.1, -0.05) is 30.4 Å². The molecule has 0 saturated carbocycles. The van der Waals surface area contributed by atoms with Crippen LogP contribution in [0.4, 0.5) is 0 Å². The molecule has 2 aromatic rings. The molecule has 1 aliphatic rings. The summed E-state index contributed by atoms with van der Waals surface area (Å²) < 4.78 is 5.62. The van der Waals surface area contributed by atoms with Crippen molar-refractivity contribution in [3.63, 3.8) is 0 Å². The molecule has 5 atom stereocenters. The molecule has 0 spiro atoms. The maximum Gasteiger partial charge on any atom is 0.251 e. The van der Waals surface area contributed by atoms with Crippen LogP contribution in [0.25, 0.3) is 12.2 Å². The number of aliphatic hydroxyl groups is 4. The van der Waals surface area contributed by atoms with Gasteiger partial charge >= 0.3 is 0 Å². The molecule has 1 heterocycles. The molecule has 2 amide bonds. The Hall–Kier alpha value is -3.08. The van der Waals surface area contributed by atoms with Crippen LogP contribution >= 0.6 is 0 Å². The van der Waals surface area contributed by atoms with Crippen molar-refractivity contribution in [3.8, 4) is 0 Å². The molecule has 0 radical (unpaired) electrons. The summed E-state index contributed by atoms with van der Waals surface area (Å²) in [4.78, 5) is 24.2. The maximum atomic E-state index is 12.1. The molecule has 176 valence electrons. The van der Waals surface area contributed by atoms with Crippen LogP contribution in [0, 0.1) is 0 Å². The van der Waals surface area contributed by atoms with Gasteiger partial charge in [-0.05, 0) is 41.0 Å². The van der Waals surface area contributed by atoms with Crippen LogP contribution in [0.15, 0.2) is 42.5 Å². The predicted octanol–water partition coefficient (Wildman–Crippen LogP) is 0.0911. The molecular weight excluding hydrogens is 428 g/mol. The monoisotopic (exact) mass is 456 g/mol. The Morgan fingerprint density at radius 1 is 0.879 bits per heavy atom. The van der Waals surface area contributed by atoms with Gasteiger partial charge in [-0.3, -0.25) is 9.59 Å². The molecule has 9 heteroatoms. The summed E-state index contributed by atoms with van der Waals surface area (Å²) in [5, 5.41) is 44.9. The van der Waals surface area contributed by atoms with Crippen LogP contribution in [0.3, 0.4) is 0 Å². The van der Waals surface area contributed by atoms with Gasteiger partial charge in [-0.15, -0.1) is 0 Å². The van der Waals surface area contributed by atoms with E-state index in [1.807, 2.05) is 6.07 Å². The molecule has 0 aliphatic carbocycles. The zero-order valence-electron chi connectivity index (χ0n) is 18.3. The minimum absolute atomic E-state index is 0.319. The third kappa shape index (κ3) is 5.47. The molecule has 1 saturated heterocycles. The van der Waals surface area contributed by atoms with Crippen LogP contribution < -0.4 is 10.6 Å². The van der Waals surface area contributed by atoms with Gasteiger partial charge in [0.2, 0.25) is 0 Å². The normalized spacial score (nSPS) is 25.1. The lowest BCUT2D eigenvalue weighted by atomic mass is 9.90. The standard InChI is InChI=1S/C24H28N2O7/c1-25-23(31)16-9-14(10-17(11-16)24(32)26-2)7-6-13-4-3-5-15(8-13)22-21(30)20(29)19(28)18(12-27)33-22/h3-11,18-22,27-30H,12H2,1-2H3,(H,25,31)(H,26,32). The second kappa shape index (κ2) is 10.7. The second-order valence-corrected chi connectivity index (χ2v) is 7.75. The number of rotatable bonds is 6. The maximum absolute atomic E-state index is 12.1. The molecule has 1 aliphatic heterocycles. The molecular formula is C24H28N2O7. The first-order valence-electron chi connectivity index (χ1n) is 10.5. The molecule has 5 unspecified atom stereocenters. The second-order valence-electron chi connectivity index (χ2n) is 7.75. The summed E-state index contributed by atoms with van der Waals surface area (Å²) in [6.45, 7) is -0.504. The van der Waals surface area contributed by atoms with E-state index in [2.05, 4.69) is 10.6 Å². The Bertz CT molecular complexity index is 1000. The van der Waals surface area contributed by atoms with E-state index < -0.39 is 37.1 Å². The Kier molecular flexibility index (Phi) is 7.96. The Morgan fingerprint density at radius 3 is 2.06 bits per heavy atom. The summed E-state index contributed by atoms with van der Waals surface area (Å²) in [6.07, 6.45) is -2.69. The van der Waals surface area contributed by atoms with Crippen molar-refractivity contribution in [2.75, 3.05) is 20.7 Å². The van der Waals surface area contributed by atoms with Crippen molar-refractivity contribution in [2.45, 2.75) is 30.5 Å². The van der Waals surface area contributed by atoms with E-state index >= 15 is 0 Å². The number of benzene rings is 2. The summed E-state index contributed by atoms with van der Waals surface area (Å²) >= 11 is 0. The van der Waals surface area contributed by atoms with Gasteiger partial charge in [0.05, 0.1) is 6.61 Å². The average Bonchev–Trinajstić information content (AvgIpc) is 2.85. The van der Waals surface area contributed by atoms with Crippen molar-refractivity contribution in [3.05, 3.63) is 70.3 Å². The fourth-order valence-corrected chi connectivity index (χ4v) is 3.71. The highest BCUT2D eigenvalue weighted by molar-refractivity contribution is 6.00. The van der Waals surface area contributed by atoms with Crippen molar-refractivity contribution in [1.82, 2.24) is 10.6 Å². The molecule has 2 aromatic carbocycles. The topological polar surface area (TPSA) is 148 Å². The number of nitrogens with one attached hydrogen (secondary N) is 2. The van der Waals surface area contributed by atoms with E-state index in [9.17, 15) is 30.0 Å². The number of carbonyl (C=O) groups is 2. The van der Waals surface area contributed by atoms with Crippen LogP contribution in [0.1, 0.15) is 43.5 Å². The van der Waals surface area contributed by atoms with Crippen molar-refractivity contribution >= 4 is 24.0 Å². The van der Waals surface area contributed by atoms with Crippen molar-refractivity contribution < 1.29 is 34.8 Å². The molecule has 1 fully saturated rings. The lowest BCUT2D eigenvalue weighted by molar-refractivity contribution is -0.231. The van der Waals surface area contributed by atoms with E-state index in [0.29, 0.717) is 22.3 Å². The number of carbonyl (C=O) groups excluding carboxylic acids is 2. The summed E-state index contributed by atoms with van der Waals surface area (Å²) in [5.74, 6) is -0.639. The molecule has 9 nitrogen and oxygen atoms in total. The Balaban J connectivity index is 1.89. The fourth-order valence-electron chi connectivity index (χ4n) is 3.71. The predicted molar refractivity (Wildman–Crippen MR) is 121 cm³/mol. The zero-order chi connectivity index (χ0) is 24.1. The quantitative estimate of drug-likeness (QED) is 0.338. The number of ether oxygens (including phenoxy) is 1. The van der Waals surface area contributed by atoms with Crippen LogP contribution in [0.5, 0.6) is 0 Å². The van der Waals surface area contributed by atoms with Gasteiger partial charge in [0, 0.05) is 25.2 Å². The lowest BCUT2D eigenvalue weighted by Crippen LogP contribution is -2.55. The highest BCUT2D eigenvalue weighted by Crippen LogP contribution is 2.32. The fraction of sp³-hybridized carbons (Fsp3) is 0.333. The van der Waals surface area contributed by atoms with E-state index in [1.165, 1.54) is 20.2 Å². The third-order valence-electron chi connectivity index (χ3n) is 5.53. The zero-order valence-corrected chi connectivity index (χ0v) is 18.3. The smallest absolute Gasteiger partial charge is 0.251 e. The number of hydrogen-bond donors (Lipinski definition) is 6. The largest absolute Gasteiger partial charge is 0.394 e. The first-order valence-corrected chi connectivity index (χ1v) is 10.5. The highest BCUT2D eigenvalue weighted by Gasteiger charge is 2.43. The molecule has 0 aromatic heterocycles. The first-order chi connectivity index (χ1) is 15.8. The van der Waals surface area contributed by atoms with Gasteiger partial charge < -0.3 is 35.8 Å². The average molecular weight is 456 g/mol. The molecule has 3 rings (SSSR count). The lowest BCUT2D eigenvalue weighted by Gasteiger charge is -2.40. The van der Waals surface area contributed by atoms with Crippen LogP contribution in [-0.4, -0.2) is 77.4 Å². The van der Waals surface area contributed by atoms with E-state index in [4.69, 9.17) is 4.74 Å². The Morgan fingerprint density at radius 2 is 1.48 bits per heavy atom. The highest BCUT2D eigenvalue weighted by atomic mass is 16.5. The number of aliphatic hydroxyl groups excluding tert-OH is 4. The minimum atomic E-state index is -1.46. The van der Waals surface area contributed by atoms with E-state index in [-0.39, 0.29) is 11.8 Å². The van der Waals surface area contributed by atoms with E-state index in [1.54, 1.807) is 42.5 Å². The first kappa shape index (κ1) is 24.6. The van der Waals surface area contributed by atoms with Gasteiger partial charge in [0.15, 0.2) is 0 Å². The van der Waals surface area contributed by atoms with Crippen molar-refractivity contribution in [2.24, 2.45) is 0 Å². The summed E-state index contributed by atoms with van der Waals surface area (Å²) in [7, 11) is 3.02. The van der Waals surface area contributed by atoms with Gasteiger partial charge in [-0.25, -0.2) is 0 Å². The van der Waals surface area contributed by atoms with Gasteiger partial charge in [0.25, 0.3) is 11.8 Å². The van der Waals surface area contributed by atoms with E-state index in [0.717, 1.165) is 5.56 Å². The SMILES string of the molecule is CNC(=O)c1cc(C=Cc2cccc(C3OC(CO)C(O)C(O)C3O)c2)cc(C(=O)NC)c1. The Labute approximate surface area is 191 Å². The van der Waals surface area contributed by atoms with Gasteiger partial charge in [0.1, 0.15) is 30.5 Å². The molecule has 6 N–H and O–H groups in total. The number of hydrogen-bond acceptors (Lipinski definition) is 7. The molecule has 0 bridgehead atoms. The third-order valence-corrected chi connectivity index (χ3v) is 5.53. The number of amides is 2. The van der Waals surface area contributed by atoms with Crippen LogP contribution in [0.2, 0.25) is 0 Å². The van der Waals surface area contributed by atoms with Crippen LogP contribution in [-0.2, 0) is 4.74 Å². The van der Waals surface area contributed by atoms with Crippen molar-refractivity contribution in [1.29, 1.82) is 0 Å². The summed E-state index contributed by atoms with van der Waals surface area (Å²) in [6, 6.07) is 11.8. The summed E-state index contributed by atoms with van der Waals surface area (Å²) in [5.41, 5.74) is 2.60. The van der Waals surface area contributed by atoms with Gasteiger partial charge in [-0.2, -0.15) is 0 Å².